The lowest BCUT2D eigenvalue weighted by atomic mass is 9.98. The Morgan fingerprint density at radius 2 is 2.21 bits per heavy atom. The van der Waals surface area contributed by atoms with Gasteiger partial charge in [-0.15, -0.1) is 11.3 Å². The Morgan fingerprint density at radius 1 is 1.43 bits per heavy atom. The second kappa shape index (κ2) is 3.42. The van der Waals surface area contributed by atoms with Crippen LogP contribution in [0.1, 0.15) is 18.4 Å². The van der Waals surface area contributed by atoms with Gasteiger partial charge in [0.25, 0.3) is 0 Å². The fraction of sp³-hybridized carbons (Fsp3) is 0.182. The van der Waals surface area contributed by atoms with E-state index in [1.807, 2.05) is 29.6 Å². The third-order valence-electron chi connectivity index (χ3n) is 2.37. The molecule has 2 nitrogen and oxygen atoms in total. The van der Waals surface area contributed by atoms with Crippen molar-refractivity contribution in [2.24, 2.45) is 0 Å². The molecule has 0 radical (unpaired) electrons. The number of carboxylic acids is 1. The van der Waals surface area contributed by atoms with E-state index in [4.69, 9.17) is 5.11 Å². The molecular weight excluding hydrogens is 196 g/mol. The zero-order valence-electron chi connectivity index (χ0n) is 7.73. The highest BCUT2D eigenvalue weighted by atomic mass is 32.1. The third kappa shape index (κ3) is 1.40. The van der Waals surface area contributed by atoms with E-state index >= 15 is 0 Å². The summed E-state index contributed by atoms with van der Waals surface area (Å²) < 4.78 is 1.15. The van der Waals surface area contributed by atoms with Gasteiger partial charge in [0, 0.05) is 4.70 Å². The normalized spacial score (nSPS) is 12.9. The van der Waals surface area contributed by atoms with Crippen molar-refractivity contribution < 1.29 is 9.90 Å². The van der Waals surface area contributed by atoms with Crippen molar-refractivity contribution in [2.75, 3.05) is 0 Å². The monoisotopic (exact) mass is 206 g/mol. The molecule has 0 aliphatic heterocycles. The molecule has 14 heavy (non-hydrogen) atoms. The maximum Gasteiger partial charge on any atom is 0.310 e. The molecule has 0 bridgehead atoms. The van der Waals surface area contributed by atoms with E-state index in [0.717, 1.165) is 15.6 Å². The Bertz CT molecular complexity index is 473. The molecule has 0 amide bonds. The second-order valence-corrected chi connectivity index (χ2v) is 4.19. The Kier molecular flexibility index (Phi) is 2.25. The molecule has 0 aliphatic rings. The SMILES string of the molecule is CC(C(=O)O)c1cccc2sccc12. The van der Waals surface area contributed by atoms with Crippen LogP contribution in [0.4, 0.5) is 0 Å². The van der Waals surface area contributed by atoms with E-state index < -0.39 is 11.9 Å². The quantitative estimate of drug-likeness (QED) is 0.819. The lowest BCUT2D eigenvalue weighted by molar-refractivity contribution is -0.138. The number of hydrogen-bond donors (Lipinski definition) is 1. The van der Waals surface area contributed by atoms with Crippen LogP contribution in [0.2, 0.25) is 0 Å². The largest absolute Gasteiger partial charge is 0.481 e. The number of benzene rings is 1. The first-order valence-electron chi connectivity index (χ1n) is 4.39. The Hall–Kier alpha value is -1.35. The molecule has 1 heterocycles. The number of carbonyl (C=O) groups is 1. The first-order valence-corrected chi connectivity index (χ1v) is 5.27. The van der Waals surface area contributed by atoms with Gasteiger partial charge in [0.15, 0.2) is 0 Å². The lowest BCUT2D eigenvalue weighted by Gasteiger charge is -2.07. The van der Waals surface area contributed by atoms with E-state index in [9.17, 15) is 4.79 Å². The Morgan fingerprint density at radius 3 is 2.93 bits per heavy atom. The van der Waals surface area contributed by atoms with Gasteiger partial charge in [-0.25, -0.2) is 0 Å². The smallest absolute Gasteiger partial charge is 0.310 e. The first-order chi connectivity index (χ1) is 6.70. The van der Waals surface area contributed by atoms with Crippen molar-refractivity contribution in [1.29, 1.82) is 0 Å². The zero-order chi connectivity index (χ0) is 10.1. The Labute approximate surface area is 85.8 Å². The highest BCUT2D eigenvalue weighted by molar-refractivity contribution is 7.17. The highest BCUT2D eigenvalue weighted by Gasteiger charge is 2.16. The Balaban J connectivity index is 2.61. The number of thiophene rings is 1. The molecule has 0 fully saturated rings. The van der Waals surface area contributed by atoms with E-state index in [1.54, 1.807) is 18.3 Å². The van der Waals surface area contributed by atoms with Crippen molar-refractivity contribution in [2.45, 2.75) is 12.8 Å². The van der Waals surface area contributed by atoms with Crippen LogP contribution in [-0.4, -0.2) is 11.1 Å². The zero-order valence-corrected chi connectivity index (χ0v) is 8.54. The molecule has 1 unspecified atom stereocenters. The van der Waals surface area contributed by atoms with Gasteiger partial charge in [-0.05, 0) is 35.4 Å². The summed E-state index contributed by atoms with van der Waals surface area (Å²) in [7, 11) is 0. The molecule has 1 aromatic carbocycles. The molecule has 0 saturated carbocycles. The minimum atomic E-state index is -0.774. The van der Waals surface area contributed by atoms with Gasteiger partial charge in [0.2, 0.25) is 0 Å². The highest BCUT2D eigenvalue weighted by Crippen LogP contribution is 2.29. The molecule has 2 rings (SSSR count). The number of aliphatic carboxylic acids is 1. The third-order valence-corrected chi connectivity index (χ3v) is 3.25. The summed E-state index contributed by atoms with van der Waals surface area (Å²) in [4.78, 5) is 10.9. The van der Waals surface area contributed by atoms with Crippen LogP contribution in [0, 0.1) is 0 Å². The van der Waals surface area contributed by atoms with Crippen molar-refractivity contribution in [3.8, 4) is 0 Å². The summed E-state index contributed by atoms with van der Waals surface area (Å²) in [5.74, 6) is -1.21. The fourth-order valence-corrected chi connectivity index (χ4v) is 2.35. The van der Waals surface area contributed by atoms with E-state index in [0.29, 0.717) is 0 Å². The van der Waals surface area contributed by atoms with E-state index in [2.05, 4.69) is 0 Å². The topological polar surface area (TPSA) is 37.3 Å². The molecule has 1 N–H and O–H groups in total. The fourth-order valence-electron chi connectivity index (χ4n) is 1.53. The maximum atomic E-state index is 10.9. The molecule has 0 saturated heterocycles. The van der Waals surface area contributed by atoms with Gasteiger partial charge in [-0.1, -0.05) is 12.1 Å². The van der Waals surface area contributed by atoms with Gasteiger partial charge in [0.1, 0.15) is 0 Å². The first kappa shape index (κ1) is 9.21. The molecule has 72 valence electrons. The standard InChI is InChI=1S/C11H10O2S/c1-7(11(12)13)8-3-2-4-10-9(8)5-6-14-10/h2-7H,1H3,(H,12,13). The van der Waals surface area contributed by atoms with Gasteiger partial charge < -0.3 is 5.11 Å². The number of fused-ring (bicyclic) bond motifs is 1. The van der Waals surface area contributed by atoms with Crippen LogP contribution in [0.5, 0.6) is 0 Å². The predicted octanol–water partition coefficient (Wildman–Crippen LogP) is 3.09. The maximum absolute atomic E-state index is 10.9. The van der Waals surface area contributed by atoms with Crippen LogP contribution in [-0.2, 0) is 4.79 Å². The molecule has 1 aromatic heterocycles. The minimum Gasteiger partial charge on any atom is -0.481 e. The second-order valence-electron chi connectivity index (χ2n) is 3.24. The van der Waals surface area contributed by atoms with Gasteiger partial charge >= 0.3 is 5.97 Å². The summed E-state index contributed by atoms with van der Waals surface area (Å²) in [5.41, 5.74) is 0.899. The molecule has 0 aliphatic carbocycles. The molecule has 3 heteroatoms. The van der Waals surface area contributed by atoms with E-state index in [1.165, 1.54) is 0 Å². The van der Waals surface area contributed by atoms with Crippen molar-refractivity contribution in [3.63, 3.8) is 0 Å². The summed E-state index contributed by atoms with van der Waals surface area (Å²) in [6.45, 7) is 1.72. The summed E-state index contributed by atoms with van der Waals surface area (Å²) in [6.07, 6.45) is 0. The molecule has 2 aromatic rings. The lowest BCUT2D eigenvalue weighted by Crippen LogP contribution is -2.07. The molecule has 1 atom stereocenters. The van der Waals surface area contributed by atoms with Gasteiger partial charge in [0.05, 0.1) is 5.92 Å². The van der Waals surface area contributed by atoms with Crippen molar-refractivity contribution in [3.05, 3.63) is 35.2 Å². The van der Waals surface area contributed by atoms with Crippen LogP contribution in [0.25, 0.3) is 10.1 Å². The average Bonchev–Trinajstić information content (AvgIpc) is 2.63. The van der Waals surface area contributed by atoms with Crippen LogP contribution in [0.3, 0.4) is 0 Å². The minimum absolute atomic E-state index is 0.437. The van der Waals surface area contributed by atoms with Gasteiger partial charge in [-0.3, -0.25) is 4.79 Å². The number of carboxylic acid groups (broad SMARTS) is 1. The number of rotatable bonds is 2. The van der Waals surface area contributed by atoms with Gasteiger partial charge in [-0.2, -0.15) is 0 Å². The average molecular weight is 206 g/mol. The summed E-state index contributed by atoms with van der Waals surface area (Å²) >= 11 is 1.64. The summed E-state index contributed by atoms with van der Waals surface area (Å²) in [6, 6.07) is 7.79. The van der Waals surface area contributed by atoms with Crippen LogP contribution >= 0.6 is 11.3 Å². The summed E-state index contributed by atoms with van der Waals surface area (Å²) in [5, 5.41) is 12.0. The van der Waals surface area contributed by atoms with Crippen molar-refractivity contribution in [1.82, 2.24) is 0 Å². The molecule has 0 spiro atoms. The van der Waals surface area contributed by atoms with E-state index in [-0.39, 0.29) is 0 Å². The number of hydrogen-bond acceptors (Lipinski definition) is 2. The molecular formula is C11H10O2S. The predicted molar refractivity (Wildman–Crippen MR) is 57.9 cm³/mol. The van der Waals surface area contributed by atoms with Crippen molar-refractivity contribution >= 4 is 27.4 Å². The van der Waals surface area contributed by atoms with Crippen LogP contribution < -0.4 is 0 Å². The van der Waals surface area contributed by atoms with Crippen LogP contribution in [0.15, 0.2) is 29.6 Å².